The summed E-state index contributed by atoms with van der Waals surface area (Å²) in [5, 5.41) is 12.8. The van der Waals surface area contributed by atoms with Crippen molar-refractivity contribution in [2.45, 2.75) is 32.0 Å². The second-order valence-corrected chi connectivity index (χ2v) is 7.47. The Bertz CT molecular complexity index is 1060. The molecule has 1 amide bonds. The standard InChI is InChI=1S/C20H21F3N6O/c1-13-18(19(30)25-15-5-3-9-28(11-15)12-20(21,22)23)26-27-29(13)17-6-2-4-14-10-24-8-7-16(14)17/h2,4,6-8,10,15H,3,5,9,11-12H2,1H3,(H,25,30)/t15-/m0/s1. The first-order chi connectivity index (χ1) is 14.3. The van der Waals surface area contributed by atoms with E-state index in [4.69, 9.17) is 0 Å². The summed E-state index contributed by atoms with van der Waals surface area (Å²) in [6.45, 7) is 1.31. The fourth-order valence-electron chi connectivity index (χ4n) is 3.88. The number of carbonyl (C=O) groups is 1. The Morgan fingerprint density at radius 3 is 2.93 bits per heavy atom. The van der Waals surface area contributed by atoms with Crippen LogP contribution < -0.4 is 5.32 Å². The number of rotatable bonds is 4. The fraction of sp³-hybridized carbons (Fsp3) is 0.400. The summed E-state index contributed by atoms with van der Waals surface area (Å²) in [5.74, 6) is -0.431. The summed E-state index contributed by atoms with van der Waals surface area (Å²) in [4.78, 5) is 18.2. The van der Waals surface area contributed by atoms with E-state index in [0.717, 1.165) is 16.5 Å². The van der Waals surface area contributed by atoms with E-state index in [1.807, 2.05) is 24.3 Å². The molecule has 7 nitrogen and oxygen atoms in total. The van der Waals surface area contributed by atoms with Gasteiger partial charge in [-0.3, -0.25) is 14.7 Å². The summed E-state index contributed by atoms with van der Waals surface area (Å²) in [7, 11) is 0. The predicted octanol–water partition coefficient (Wildman–Crippen LogP) is 2.88. The van der Waals surface area contributed by atoms with Crippen molar-refractivity contribution in [2.75, 3.05) is 19.6 Å². The van der Waals surface area contributed by atoms with E-state index in [2.05, 4.69) is 20.6 Å². The van der Waals surface area contributed by atoms with Crippen molar-refractivity contribution in [1.29, 1.82) is 0 Å². The molecule has 0 spiro atoms. The minimum atomic E-state index is -4.25. The molecule has 10 heteroatoms. The average Bonchev–Trinajstić information content (AvgIpc) is 3.08. The van der Waals surface area contributed by atoms with E-state index in [1.165, 1.54) is 4.90 Å². The van der Waals surface area contributed by atoms with Gasteiger partial charge in [0.15, 0.2) is 5.69 Å². The molecule has 0 saturated carbocycles. The van der Waals surface area contributed by atoms with Crippen molar-refractivity contribution in [3.63, 3.8) is 0 Å². The average molecular weight is 418 g/mol. The van der Waals surface area contributed by atoms with Gasteiger partial charge >= 0.3 is 6.18 Å². The highest BCUT2D eigenvalue weighted by Gasteiger charge is 2.33. The number of pyridine rings is 1. The fourth-order valence-corrected chi connectivity index (χ4v) is 3.88. The molecule has 1 fully saturated rings. The Morgan fingerprint density at radius 1 is 1.30 bits per heavy atom. The molecule has 30 heavy (non-hydrogen) atoms. The van der Waals surface area contributed by atoms with E-state index in [9.17, 15) is 18.0 Å². The van der Waals surface area contributed by atoms with E-state index in [0.29, 0.717) is 25.1 Å². The van der Waals surface area contributed by atoms with Gasteiger partial charge in [-0.25, -0.2) is 4.68 Å². The van der Waals surface area contributed by atoms with Crippen LogP contribution in [0, 0.1) is 6.92 Å². The summed E-state index contributed by atoms with van der Waals surface area (Å²) in [6.07, 6.45) is 0.398. The molecule has 1 aliphatic heterocycles. The van der Waals surface area contributed by atoms with Gasteiger partial charge < -0.3 is 5.32 Å². The maximum atomic E-state index is 12.8. The highest BCUT2D eigenvalue weighted by atomic mass is 19.4. The molecule has 3 aromatic rings. The molecule has 0 aliphatic carbocycles. The minimum absolute atomic E-state index is 0.161. The van der Waals surface area contributed by atoms with Crippen LogP contribution in [0.1, 0.15) is 29.0 Å². The molecule has 1 saturated heterocycles. The number of aromatic nitrogens is 4. The van der Waals surface area contributed by atoms with Crippen LogP contribution in [0.25, 0.3) is 16.5 Å². The number of benzene rings is 1. The molecule has 0 bridgehead atoms. The lowest BCUT2D eigenvalue weighted by Crippen LogP contribution is -2.50. The molecule has 2 aromatic heterocycles. The van der Waals surface area contributed by atoms with Crippen LogP contribution in [0.3, 0.4) is 0 Å². The maximum absolute atomic E-state index is 12.8. The Hall–Kier alpha value is -3.01. The molecule has 0 radical (unpaired) electrons. The molecule has 4 rings (SSSR count). The van der Waals surface area contributed by atoms with Crippen molar-refractivity contribution in [2.24, 2.45) is 0 Å². The lowest BCUT2D eigenvalue weighted by Gasteiger charge is -2.33. The summed E-state index contributed by atoms with van der Waals surface area (Å²) in [5.41, 5.74) is 1.49. The zero-order valence-electron chi connectivity index (χ0n) is 16.4. The van der Waals surface area contributed by atoms with E-state index < -0.39 is 18.6 Å². The quantitative estimate of drug-likeness (QED) is 0.705. The number of fused-ring (bicyclic) bond motifs is 1. The largest absolute Gasteiger partial charge is 0.401 e. The topological polar surface area (TPSA) is 75.9 Å². The van der Waals surface area contributed by atoms with Crippen molar-refractivity contribution >= 4 is 16.7 Å². The molecule has 0 unspecified atom stereocenters. The lowest BCUT2D eigenvalue weighted by molar-refractivity contribution is -0.148. The van der Waals surface area contributed by atoms with Crippen LogP contribution in [0.5, 0.6) is 0 Å². The molecule has 1 aliphatic rings. The van der Waals surface area contributed by atoms with Gasteiger partial charge in [0.1, 0.15) is 0 Å². The van der Waals surface area contributed by atoms with Gasteiger partial charge in [0.2, 0.25) is 0 Å². The predicted molar refractivity (Wildman–Crippen MR) is 104 cm³/mol. The summed E-state index contributed by atoms with van der Waals surface area (Å²) < 4.78 is 39.6. The number of hydrogen-bond donors (Lipinski definition) is 1. The maximum Gasteiger partial charge on any atom is 0.401 e. The van der Waals surface area contributed by atoms with Gasteiger partial charge in [-0.1, -0.05) is 17.3 Å². The Morgan fingerprint density at radius 2 is 2.13 bits per heavy atom. The van der Waals surface area contributed by atoms with Gasteiger partial charge in [-0.15, -0.1) is 5.10 Å². The third kappa shape index (κ3) is 4.28. The van der Waals surface area contributed by atoms with Crippen LogP contribution in [-0.4, -0.2) is 62.6 Å². The smallest absolute Gasteiger partial charge is 0.347 e. The number of carbonyl (C=O) groups excluding carboxylic acids is 1. The normalized spacial score (nSPS) is 17.9. The third-order valence-corrected chi connectivity index (χ3v) is 5.24. The van der Waals surface area contributed by atoms with Gasteiger partial charge in [0.05, 0.1) is 17.9 Å². The van der Waals surface area contributed by atoms with Crippen LogP contribution >= 0.6 is 0 Å². The van der Waals surface area contributed by atoms with E-state index >= 15 is 0 Å². The molecular formula is C20H21F3N6O. The van der Waals surface area contributed by atoms with Gasteiger partial charge in [-0.05, 0) is 38.4 Å². The van der Waals surface area contributed by atoms with Gasteiger partial charge in [0, 0.05) is 35.8 Å². The third-order valence-electron chi connectivity index (χ3n) is 5.24. The lowest BCUT2D eigenvalue weighted by atomic mass is 10.1. The number of hydrogen-bond acceptors (Lipinski definition) is 5. The van der Waals surface area contributed by atoms with Crippen molar-refractivity contribution in [1.82, 2.24) is 30.2 Å². The van der Waals surface area contributed by atoms with Crippen molar-refractivity contribution in [3.05, 3.63) is 48.0 Å². The first kappa shape index (κ1) is 20.3. The highest BCUT2D eigenvalue weighted by Crippen LogP contribution is 2.23. The van der Waals surface area contributed by atoms with Crippen LogP contribution in [0.2, 0.25) is 0 Å². The van der Waals surface area contributed by atoms with E-state index in [1.54, 1.807) is 24.0 Å². The zero-order valence-corrected chi connectivity index (χ0v) is 16.4. The highest BCUT2D eigenvalue weighted by molar-refractivity contribution is 5.94. The second-order valence-electron chi connectivity index (χ2n) is 7.47. The Balaban J connectivity index is 1.52. The molecule has 3 heterocycles. The Kier molecular flexibility index (Phi) is 5.42. The number of piperidine rings is 1. The SMILES string of the molecule is Cc1c(C(=O)N[C@H]2CCCN(CC(F)(F)F)C2)nnn1-c1cccc2cnccc12. The number of likely N-dealkylation sites (tertiary alicyclic amines) is 1. The van der Waals surface area contributed by atoms with Gasteiger partial charge in [-0.2, -0.15) is 13.2 Å². The second kappa shape index (κ2) is 8.02. The monoisotopic (exact) mass is 418 g/mol. The van der Waals surface area contributed by atoms with Crippen molar-refractivity contribution < 1.29 is 18.0 Å². The molecule has 1 atom stereocenters. The molecule has 158 valence electrons. The Labute approximate surface area is 170 Å². The number of nitrogens with one attached hydrogen (secondary N) is 1. The first-order valence-electron chi connectivity index (χ1n) is 9.67. The minimum Gasteiger partial charge on any atom is -0.347 e. The summed E-state index contributed by atoms with van der Waals surface area (Å²) in [6, 6.07) is 7.19. The number of alkyl halides is 3. The number of nitrogens with zero attached hydrogens (tertiary/aromatic N) is 5. The molecular weight excluding hydrogens is 397 g/mol. The number of halogens is 3. The zero-order chi connectivity index (χ0) is 21.3. The molecule has 1 aromatic carbocycles. The van der Waals surface area contributed by atoms with Crippen LogP contribution in [0.4, 0.5) is 13.2 Å². The number of amides is 1. The van der Waals surface area contributed by atoms with Crippen LogP contribution in [-0.2, 0) is 0 Å². The first-order valence-corrected chi connectivity index (χ1v) is 9.67. The van der Waals surface area contributed by atoms with Crippen LogP contribution in [0.15, 0.2) is 36.7 Å². The van der Waals surface area contributed by atoms with Crippen molar-refractivity contribution in [3.8, 4) is 5.69 Å². The van der Waals surface area contributed by atoms with E-state index in [-0.39, 0.29) is 18.3 Å². The van der Waals surface area contributed by atoms with Gasteiger partial charge in [0.25, 0.3) is 5.91 Å². The molecule has 1 N–H and O–H groups in total. The summed E-state index contributed by atoms with van der Waals surface area (Å²) >= 11 is 0.